The average molecular weight is 165 g/mol. The Labute approximate surface area is 70.6 Å². The van der Waals surface area contributed by atoms with Crippen LogP contribution >= 0.6 is 0 Å². The van der Waals surface area contributed by atoms with E-state index in [9.17, 15) is 9.90 Å². The third-order valence-corrected chi connectivity index (χ3v) is 1.57. The number of ether oxygens (including phenoxy) is 1. The molecule has 64 valence electrons. The van der Waals surface area contributed by atoms with Crippen molar-refractivity contribution in [1.29, 1.82) is 0 Å². The van der Waals surface area contributed by atoms with Gasteiger partial charge in [-0.1, -0.05) is 17.9 Å². The molecule has 3 nitrogen and oxygen atoms in total. The van der Waals surface area contributed by atoms with Crippen molar-refractivity contribution in [1.82, 2.24) is 0 Å². The maximum atomic E-state index is 11.0. The van der Waals surface area contributed by atoms with Gasteiger partial charge in [0.15, 0.2) is 5.78 Å². The van der Waals surface area contributed by atoms with Crippen molar-refractivity contribution in [3.8, 4) is 11.5 Å². The Bertz CT molecular complexity index is 305. The summed E-state index contributed by atoms with van der Waals surface area (Å²) < 4.78 is 4.77. The number of methoxy groups -OCH3 is 1. The van der Waals surface area contributed by atoms with Crippen LogP contribution in [0.5, 0.6) is 11.5 Å². The van der Waals surface area contributed by atoms with Crippen LogP contribution in [-0.4, -0.2) is 12.9 Å². The monoisotopic (exact) mass is 165 g/mol. The topological polar surface area (TPSA) is 49.4 Å². The summed E-state index contributed by atoms with van der Waals surface area (Å²) in [5.74, 6) is -0.0708. The maximum Gasteiger partial charge on any atom is 0.159 e. The fourth-order valence-electron chi connectivity index (χ4n) is 0.887. The van der Waals surface area contributed by atoms with E-state index in [1.54, 1.807) is 0 Å². The Kier molecular flexibility index (Phi) is 2.33. The molecule has 0 heterocycles. The SMILES string of the molecule is COc1cc(C(C)=O)ccc1[O-]. The molecule has 0 atom stereocenters. The Morgan fingerprint density at radius 3 is 2.67 bits per heavy atom. The summed E-state index contributed by atoms with van der Waals surface area (Å²) in [4.78, 5) is 10.9. The first kappa shape index (κ1) is 8.59. The van der Waals surface area contributed by atoms with E-state index in [-0.39, 0.29) is 17.3 Å². The number of ketones is 1. The molecule has 0 aromatic heterocycles. The van der Waals surface area contributed by atoms with E-state index in [2.05, 4.69) is 0 Å². The molecule has 1 aromatic carbocycles. The molecule has 0 amide bonds. The highest BCUT2D eigenvalue weighted by atomic mass is 16.5. The summed E-state index contributed by atoms with van der Waals surface area (Å²) in [7, 11) is 1.40. The van der Waals surface area contributed by atoms with Crippen LogP contribution in [-0.2, 0) is 0 Å². The van der Waals surface area contributed by atoms with Gasteiger partial charge in [-0.25, -0.2) is 0 Å². The lowest BCUT2D eigenvalue weighted by Gasteiger charge is -2.12. The molecular weight excluding hydrogens is 156 g/mol. The maximum absolute atomic E-state index is 11.0. The molecule has 0 radical (unpaired) electrons. The fraction of sp³-hybridized carbons (Fsp3) is 0.222. The van der Waals surface area contributed by atoms with Crippen molar-refractivity contribution in [2.75, 3.05) is 7.11 Å². The zero-order valence-corrected chi connectivity index (χ0v) is 6.96. The van der Waals surface area contributed by atoms with Crippen LogP contribution in [0.4, 0.5) is 0 Å². The first-order valence-electron chi connectivity index (χ1n) is 3.51. The lowest BCUT2D eigenvalue weighted by Crippen LogP contribution is -1.98. The van der Waals surface area contributed by atoms with Gasteiger partial charge in [-0.2, -0.15) is 0 Å². The molecule has 0 spiro atoms. The highest BCUT2D eigenvalue weighted by Crippen LogP contribution is 2.23. The molecule has 1 rings (SSSR count). The lowest BCUT2D eigenvalue weighted by molar-refractivity contribution is -0.270. The van der Waals surface area contributed by atoms with E-state index in [0.29, 0.717) is 5.56 Å². The molecule has 3 heteroatoms. The highest BCUT2D eigenvalue weighted by Gasteiger charge is 2.00. The summed E-state index contributed by atoms with van der Waals surface area (Å²) in [6.07, 6.45) is 0. The van der Waals surface area contributed by atoms with Gasteiger partial charge in [-0.05, 0) is 13.0 Å². The van der Waals surface area contributed by atoms with Crippen molar-refractivity contribution < 1.29 is 14.6 Å². The van der Waals surface area contributed by atoms with E-state index in [1.165, 1.54) is 32.2 Å². The summed E-state index contributed by atoms with van der Waals surface area (Å²) in [6.45, 7) is 1.44. The number of Topliss-reactive ketones (excluding diaryl/α,β-unsaturated/α-hetero) is 1. The standard InChI is InChI=1S/C9H10O3/c1-6(10)7-3-4-8(11)9(5-7)12-2/h3-5,11H,1-2H3/p-1. The number of carbonyl (C=O) groups excluding carboxylic acids is 1. The predicted molar refractivity (Wildman–Crippen MR) is 42.4 cm³/mol. The third kappa shape index (κ3) is 1.56. The number of hydrogen-bond acceptors (Lipinski definition) is 3. The zero-order valence-electron chi connectivity index (χ0n) is 6.96. The minimum atomic E-state index is -0.206. The first-order valence-corrected chi connectivity index (χ1v) is 3.51. The molecule has 0 aliphatic rings. The average Bonchev–Trinajstić information content (AvgIpc) is 2.05. The van der Waals surface area contributed by atoms with Crippen molar-refractivity contribution in [2.45, 2.75) is 6.92 Å². The van der Waals surface area contributed by atoms with Gasteiger partial charge in [0.25, 0.3) is 0 Å². The van der Waals surface area contributed by atoms with Crippen molar-refractivity contribution in [3.63, 3.8) is 0 Å². The van der Waals surface area contributed by atoms with E-state index in [4.69, 9.17) is 4.74 Å². The van der Waals surface area contributed by atoms with E-state index < -0.39 is 0 Å². The second kappa shape index (κ2) is 3.26. The Morgan fingerprint density at radius 1 is 1.50 bits per heavy atom. The molecule has 12 heavy (non-hydrogen) atoms. The van der Waals surface area contributed by atoms with Crippen LogP contribution in [0.3, 0.4) is 0 Å². The van der Waals surface area contributed by atoms with Crippen LogP contribution in [0.25, 0.3) is 0 Å². The smallest absolute Gasteiger partial charge is 0.159 e. The predicted octanol–water partition coefficient (Wildman–Crippen LogP) is 0.971. The Morgan fingerprint density at radius 2 is 2.17 bits per heavy atom. The fourth-order valence-corrected chi connectivity index (χ4v) is 0.887. The normalized spacial score (nSPS) is 9.50. The van der Waals surface area contributed by atoms with Crippen LogP contribution in [0.2, 0.25) is 0 Å². The molecule has 0 saturated heterocycles. The quantitative estimate of drug-likeness (QED) is 0.613. The summed E-state index contributed by atoms with van der Waals surface area (Å²) in [5, 5.41) is 11.0. The molecule has 0 saturated carbocycles. The van der Waals surface area contributed by atoms with E-state index in [0.717, 1.165) is 0 Å². The van der Waals surface area contributed by atoms with Gasteiger partial charge in [-0.15, -0.1) is 0 Å². The molecule has 0 N–H and O–H groups in total. The lowest BCUT2D eigenvalue weighted by atomic mass is 10.1. The van der Waals surface area contributed by atoms with Crippen molar-refractivity contribution >= 4 is 5.78 Å². The van der Waals surface area contributed by atoms with Gasteiger partial charge in [0.05, 0.1) is 7.11 Å². The van der Waals surface area contributed by atoms with Gasteiger partial charge in [0.2, 0.25) is 0 Å². The first-order chi connectivity index (χ1) is 5.65. The number of carbonyl (C=O) groups is 1. The molecule has 0 aliphatic carbocycles. The van der Waals surface area contributed by atoms with Crippen LogP contribution in [0, 0.1) is 0 Å². The van der Waals surface area contributed by atoms with Gasteiger partial charge in [0.1, 0.15) is 5.75 Å². The minimum absolute atomic E-state index is 0.0756. The van der Waals surface area contributed by atoms with Crippen molar-refractivity contribution in [3.05, 3.63) is 23.8 Å². The summed E-state index contributed by atoms with van der Waals surface area (Å²) >= 11 is 0. The second-order valence-corrected chi connectivity index (χ2v) is 2.42. The largest absolute Gasteiger partial charge is 0.870 e. The van der Waals surface area contributed by atoms with Gasteiger partial charge >= 0.3 is 0 Å². The Hall–Kier alpha value is -1.51. The molecule has 0 bridgehead atoms. The molecule has 0 aliphatic heterocycles. The minimum Gasteiger partial charge on any atom is -0.870 e. The number of hydrogen-bond donors (Lipinski definition) is 0. The van der Waals surface area contributed by atoms with Crippen LogP contribution < -0.4 is 9.84 Å². The molecule has 1 aromatic rings. The van der Waals surface area contributed by atoms with E-state index in [1.807, 2.05) is 0 Å². The zero-order chi connectivity index (χ0) is 9.14. The summed E-state index contributed by atoms with van der Waals surface area (Å²) in [6, 6.07) is 4.27. The van der Waals surface area contributed by atoms with E-state index >= 15 is 0 Å². The second-order valence-electron chi connectivity index (χ2n) is 2.42. The van der Waals surface area contributed by atoms with Gasteiger partial charge < -0.3 is 9.84 Å². The molecule has 0 unspecified atom stereocenters. The van der Waals surface area contributed by atoms with Crippen LogP contribution in [0.15, 0.2) is 18.2 Å². The van der Waals surface area contributed by atoms with Gasteiger partial charge in [0, 0.05) is 5.56 Å². The molecule has 0 fully saturated rings. The molecular formula is C9H9O3-. The van der Waals surface area contributed by atoms with Crippen molar-refractivity contribution in [2.24, 2.45) is 0 Å². The van der Waals surface area contributed by atoms with Gasteiger partial charge in [-0.3, -0.25) is 4.79 Å². The number of benzene rings is 1. The number of rotatable bonds is 2. The highest BCUT2D eigenvalue weighted by molar-refractivity contribution is 5.94. The third-order valence-electron chi connectivity index (χ3n) is 1.57. The van der Waals surface area contributed by atoms with Crippen LogP contribution in [0.1, 0.15) is 17.3 Å². The Balaban J connectivity index is 3.13. The summed E-state index contributed by atoms with van der Waals surface area (Å²) in [5.41, 5.74) is 0.492.